The Morgan fingerprint density at radius 2 is 1.76 bits per heavy atom. The van der Waals surface area contributed by atoms with E-state index in [1.807, 2.05) is 46.8 Å². The summed E-state index contributed by atoms with van der Waals surface area (Å²) in [5.74, 6) is -0.268. The molecule has 1 N–H and O–H groups in total. The fraction of sp³-hybridized carbons (Fsp3) is 0.286. The van der Waals surface area contributed by atoms with Gasteiger partial charge < -0.3 is 5.32 Å². The molecule has 2 rings (SSSR count). The van der Waals surface area contributed by atoms with E-state index in [1.165, 1.54) is 6.20 Å². The van der Waals surface area contributed by atoms with E-state index in [-0.39, 0.29) is 5.91 Å². The molecular formula is C21H23N3O. The number of carbonyl (C=O) groups is 1. The van der Waals surface area contributed by atoms with Gasteiger partial charge in [-0.25, -0.2) is 0 Å². The monoisotopic (exact) mass is 333 g/mol. The third-order valence-corrected chi connectivity index (χ3v) is 3.78. The number of pyridine rings is 1. The van der Waals surface area contributed by atoms with Crippen LogP contribution in [0.1, 0.15) is 47.8 Å². The maximum Gasteiger partial charge on any atom is 0.257 e. The molecule has 0 fully saturated rings. The van der Waals surface area contributed by atoms with Gasteiger partial charge in [0.2, 0.25) is 0 Å². The molecule has 0 saturated carbocycles. The van der Waals surface area contributed by atoms with E-state index in [9.17, 15) is 10.1 Å². The summed E-state index contributed by atoms with van der Waals surface area (Å²) in [7, 11) is 0. The van der Waals surface area contributed by atoms with Gasteiger partial charge >= 0.3 is 0 Å². The molecule has 1 amide bonds. The molecule has 0 unspecified atom stereocenters. The highest BCUT2D eigenvalue weighted by atomic mass is 16.1. The largest absolute Gasteiger partial charge is 0.324 e. The number of aryl methyl sites for hydroxylation is 2. The van der Waals surface area contributed by atoms with E-state index in [1.54, 1.807) is 18.3 Å². The van der Waals surface area contributed by atoms with Crippen molar-refractivity contribution in [3.8, 4) is 6.07 Å². The summed E-state index contributed by atoms with van der Waals surface area (Å²) >= 11 is 0. The summed E-state index contributed by atoms with van der Waals surface area (Å²) in [6.45, 7) is 9.93. The summed E-state index contributed by atoms with van der Waals surface area (Å²) in [5.41, 5.74) is 4.12. The molecule has 0 aliphatic heterocycles. The Labute approximate surface area is 149 Å². The van der Waals surface area contributed by atoms with Crippen LogP contribution in [-0.4, -0.2) is 10.9 Å². The summed E-state index contributed by atoms with van der Waals surface area (Å²) in [4.78, 5) is 16.6. The molecule has 1 aromatic carbocycles. The van der Waals surface area contributed by atoms with Crippen LogP contribution in [0.5, 0.6) is 0 Å². The fourth-order valence-corrected chi connectivity index (χ4v) is 2.69. The van der Waals surface area contributed by atoms with Crippen LogP contribution < -0.4 is 5.32 Å². The van der Waals surface area contributed by atoms with E-state index >= 15 is 0 Å². The molecule has 0 atom stereocenters. The van der Waals surface area contributed by atoms with Gasteiger partial charge in [0.25, 0.3) is 5.91 Å². The van der Waals surface area contributed by atoms with Crippen molar-refractivity contribution in [2.45, 2.75) is 34.6 Å². The van der Waals surface area contributed by atoms with Crippen molar-refractivity contribution in [2.75, 3.05) is 0 Å². The molecule has 25 heavy (non-hydrogen) atoms. The highest BCUT2D eigenvalue weighted by Crippen LogP contribution is 2.31. The molecule has 128 valence electrons. The van der Waals surface area contributed by atoms with Crippen LogP contribution in [0.2, 0.25) is 0 Å². The summed E-state index contributed by atoms with van der Waals surface area (Å²) < 4.78 is 0. The molecule has 2 aromatic rings. The Morgan fingerprint density at radius 1 is 1.12 bits per heavy atom. The average molecular weight is 333 g/mol. The van der Waals surface area contributed by atoms with E-state index in [4.69, 9.17) is 0 Å². The van der Waals surface area contributed by atoms with Gasteiger partial charge in [-0.3, -0.25) is 9.78 Å². The first kappa shape index (κ1) is 18.4. The molecule has 0 aliphatic rings. The average Bonchev–Trinajstić information content (AvgIpc) is 2.53. The molecule has 0 radical (unpaired) electrons. The highest BCUT2D eigenvalue weighted by molar-refractivity contribution is 5.97. The number of hydrogen-bond acceptors (Lipinski definition) is 3. The third kappa shape index (κ3) is 4.54. The lowest BCUT2D eigenvalue weighted by molar-refractivity contribution is 0.0957. The highest BCUT2D eigenvalue weighted by Gasteiger charge is 2.25. The zero-order valence-corrected chi connectivity index (χ0v) is 15.3. The number of allylic oxidation sites excluding steroid dienone is 2. The smallest absolute Gasteiger partial charge is 0.257 e. The predicted molar refractivity (Wildman–Crippen MR) is 99.6 cm³/mol. The molecule has 1 heterocycles. The number of benzene rings is 1. The van der Waals surface area contributed by atoms with Crippen molar-refractivity contribution in [1.82, 2.24) is 10.3 Å². The Kier molecular flexibility index (Phi) is 5.38. The second-order valence-electron chi connectivity index (χ2n) is 7.18. The van der Waals surface area contributed by atoms with Crippen LogP contribution in [-0.2, 0) is 0 Å². The first-order valence-electron chi connectivity index (χ1n) is 8.17. The number of amides is 1. The maximum absolute atomic E-state index is 12.6. The van der Waals surface area contributed by atoms with Crippen molar-refractivity contribution in [2.24, 2.45) is 5.41 Å². The number of aromatic nitrogens is 1. The summed E-state index contributed by atoms with van der Waals surface area (Å²) in [5, 5.41) is 12.7. The SMILES string of the molecule is Cc1cc(C)cc(/C(C#N)=C(\NC(=O)c2cccnc2)C(C)(C)C)c1. The quantitative estimate of drug-likeness (QED) is 0.846. The number of rotatable bonds is 3. The van der Waals surface area contributed by atoms with Gasteiger partial charge in [0.1, 0.15) is 6.07 Å². The van der Waals surface area contributed by atoms with E-state index < -0.39 is 5.41 Å². The fourth-order valence-electron chi connectivity index (χ4n) is 2.69. The number of nitrogens with zero attached hydrogens (tertiary/aromatic N) is 2. The van der Waals surface area contributed by atoms with Crippen molar-refractivity contribution < 1.29 is 4.79 Å². The van der Waals surface area contributed by atoms with Crippen LogP contribution in [0.25, 0.3) is 5.57 Å². The first-order valence-corrected chi connectivity index (χ1v) is 8.17. The van der Waals surface area contributed by atoms with Gasteiger partial charge in [-0.15, -0.1) is 0 Å². The standard InChI is InChI=1S/C21H23N3O/c1-14-9-15(2)11-17(10-14)18(12-22)19(21(3,4)5)24-20(25)16-7-6-8-23-13-16/h6-11,13H,1-5H3,(H,24,25)/b19-18-. The minimum absolute atomic E-state index is 0.268. The summed E-state index contributed by atoms with van der Waals surface area (Å²) in [6, 6.07) is 11.7. The Balaban J connectivity index is 2.56. The van der Waals surface area contributed by atoms with Crippen LogP contribution in [0.3, 0.4) is 0 Å². The van der Waals surface area contributed by atoms with Gasteiger partial charge in [-0.2, -0.15) is 5.26 Å². The number of nitrogens with one attached hydrogen (secondary N) is 1. The van der Waals surface area contributed by atoms with E-state index in [0.29, 0.717) is 16.8 Å². The van der Waals surface area contributed by atoms with Crippen LogP contribution >= 0.6 is 0 Å². The second-order valence-corrected chi connectivity index (χ2v) is 7.18. The molecule has 4 heteroatoms. The normalized spacial score (nSPS) is 12.2. The predicted octanol–water partition coefficient (Wildman–Crippen LogP) is 4.41. The molecule has 4 nitrogen and oxygen atoms in total. The molecule has 0 bridgehead atoms. The van der Waals surface area contributed by atoms with Crippen molar-refractivity contribution >= 4 is 11.5 Å². The molecule has 1 aromatic heterocycles. The Morgan fingerprint density at radius 3 is 2.24 bits per heavy atom. The van der Waals surface area contributed by atoms with Crippen LogP contribution in [0.4, 0.5) is 0 Å². The van der Waals surface area contributed by atoms with Crippen molar-refractivity contribution in [3.63, 3.8) is 0 Å². The number of hydrogen-bond donors (Lipinski definition) is 1. The molecule has 0 spiro atoms. The third-order valence-electron chi connectivity index (χ3n) is 3.78. The molecule has 0 saturated heterocycles. The van der Waals surface area contributed by atoms with Gasteiger partial charge in [-0.05, 0) is 31.5 Å². The van der Waals surface area contributed by atoms with E-state index in [2.05, 4.69) is 22.4 Å². The van der Waals surface area contributed by atoms with E-state index in [0.717, 1.165) is 16.7 Å². The first-order chi connectivity index (χ1) is 11.7. The Bertz CT molecular complexity index is 833. The number of nitriles is 1. The van der Waals surface area contributed by atoms with Gasteiger partial charge in [0.15, 0.2) is 0 Å². The lowest BCUT2D eigenvalue weighted by atomic mass is 9.86. The zero-order chi connectivity index (χ0) is 18.6. The van der Waals surface area contributed by atoms with Crippen molar-refractivity contribution in [1.29, 1.82) is 5.26 Å². The van der Waals surface area contributed by atoms with Crippen LogP contribution in [0.15, 0.2) is 48.4 Å². The van der Waals surface area contributed by atoms with Gasteiger partial charge in [-0.1, -0.05) is 50.1 Å². The topological polar surface area (TPSA) is 65.8 Å². The van der Waals surface area contributed by atoms with Gasteiger partial charge in [0.05, 0.1) is 11.1 Å². The molecule has 0 aliphatic carbocycles. The van der Waals surface area contributed by atoms with Crippen molar-refractivity contribution in [3.05, 3.63) is 70.7 Å². The number of carbonyl (C=O) groups excluding carboxylic acids is 1. The minimum Gasteiger partial charge on any atom is -0.324 e. The Hall–Kier alpha value is -2.93. The van der Waals surface area contributed by atoms with Crippen LogP contribution in [0, 0.1) is 30.6 Å². The minimum atomic E-state index is -0.402. The maximum atomic E-state index is 12.6. The summed E-state index contributed by atoms with van der Waals surface area (Å²) in [6.07, 6.45) is 3.13. The zero-order valence-electron chi connectivity index (χ0n) is 15.3. The molecular weight excluding hydrogens is 310 g/mol. The van der Waals surface area contributed by atoms with Gasteiger partial charge in [0, 0.05) is 23.5 Å². The lowest BCUT2D eigenvalue weighted by Gasteiger charge is -2.25. The second kappa shape index (κ2) is 7.31. The lowest BCUT2D eigenvalue weighted by Crippen LogP contribution is -2.31.